The van der Waals surface area contributed by atoms with Crippen molar-refractivity contribution in [3.05, 3.63) is 68.4 Å². The number of rotatable bonds is 4. The first-order chi connectivity index (χ1) is 15.7. The van der Waals surface area contributed by atoms with Crippen LogP contribution in [-0.2, 0) is 24.4 Å². The van der Waals surface area contributed by atoms with Crippen LogP contribution in [0, 0.1) is 5.82 Å². The number of carbonyl (C=O) groups is 2. The highest BCUT2D eigenvalue weighted by atomic mass is 35.5. The van der Waals surface area contributed by atoms with Crippen LogP contribution in [0.15, 0.2) is 29.6 Å². The Balaban J connectivity index is 1.74. The Morgan fingerprint density at radius 1 is 1.27 bits per heavy atom. The van der Waals surface area contributed by atoms with Gasteiger partial charge in [0.25, 0.3) is 5.91 Å². The number of hydrogen-bond acceptors (Lipinski definition) is 5. The summed E-state index contributed by atoms with van der Waals surface area (Å²) >= 11 is 5.86. The number of nitrogens with zero attached hydrogens (tertiary/aromatic N) is 3. The van der Waals surface area contributed by atoms with Crippen molar-refractivity contribution in [1.29, 1.82) is 0 Å². The molecule has 0 saturated heterocycles. The van der Waals surface area contributed by atoms with Crippen molar-refractivity contribution in [2.75, 3.05) is 26.7 Å². The number of benzene rings is 1. The molecule has 2 N–H and O–H groups in total. The maximum absolute atomic E-state index is 13.5. The number of nitrogens with one attached hydrogen (secondary N) is 1. The van der Waals surface area contributed by atoms with Crippen molar-refractivity contribution in [3.8, 4) is 5.75 Å². The van der Waals surface area contributed by atoms with E-state index in [-0.39, 0.29) is 41.8 Å². The van der Waals surface area contributed by atoms with E-state index in [9.17, 15) is 23.9 Å². The lowest BCUT2D eigenvalue weighted by molar-refractivity contribution is -0.130. The summed E-state index contributed by atoms with van der Waals surface area (Å²) in [4.78, 5) is 42.0. The van der Waals surface area contributed by atoms with Gasteiger partial charge in [0.2, 0.25) is 11.3 Å². The van der Waals surface area contributed by atoms with Gasteiger partial charge in [-0.2, -0.15) is 0 Å². The second-order valence-corrected chi connectivity index (χ2v) is 8.58. The van der Waals surface area contributed by atoms with Gasteiger partial charge in [-0.1, -0.05) is 24.2 Å². The van der Waals surface area contributed by atoms with E-state index in [1.807, 2.05) is 0 Å². The maximum Gasteiger partial charge on any atom is 0.274 e. The van der Waals surface area contributed by atoms with E-state index in [0.29, 0.717) is 42.9 Å². The minimum atomic E-state index is -0.663. The van der Waals surface area contributed by atoms with Gasteiger partial charge in [0.05, 0.1) is 18.1 Å². The van der Waals surface area contributed by atoms with Gasteiger partial charge in [-0.3, -0.25) is 14.4 Å². The number of halogens is 2. The second-order valence-electron chi connectivity index (χ2n) is 8.17. The van der Waals surface area contributed by atoms with Gasteiger partial charge in [-0.15, -0.1) is 0 Å². The first kappa shape index (κ1) is 23.0. The van der Waals surface area contributed by atoms with Gasteiger partial charge in [0, 0.05) is 37.4 Å². The Morgan fingerprint density at radius 2 is 2.03 bits per heavy atom. The molecule has 0 atom stereocenters. The number of aromatic nitrogens is 1. The van der Waals surface area contributed by atoms with Crippen LogP contribution in [0.25, 0.3) is 5.57 Å². The molecule has 10 heteroatoms. The summed E-state index contributed by atoms with van der Waals surface area (Å²) in [6.07, 6.45) is 0.391. The average molecular weight is 475 g/mol. The molecule has 2 amide bonds. The Morgan fingerprint density at radius 3 is 2.73 bits per heavy atom. The Bertz CT molecular complexity index is 1230. The van der Waals surface area contributed by atoms with Crippen LogP contribution in [0.4, 0.5) is 4.39 Å². The van der Waals surface area contributed by atoms with Crippen LogP contribution >= 0.6 is 11.6 Å². The molecule has 1 aromatic heterocycles. The Labute approximate surface area is 194 Å². The van der Waals surface area contributed by atoms with E-state index in [4.69, 9.17) is 11.6 Å². The molecule has 0 radical (unpaired) electrons. The van der Waals surface area contributed by atoms with E-state index < -0.39 is 22.9 Å². The molecular formula is C23H24ClFN4O4. The number of hydrogen-bond donors (Lipinski definition) is 2. The fourth-order valence-electron chi connectivity index (χ4n) is 4.36. The molecule has 0 aliphatic carbocycles. The fraction of sp³-hybridized carbons (Fsp3) is 0.348. The standard InChI is InChI=1S/C23H24ClFN4O4/c1-13-5-6-27(18(30)10-26-2)12-17-19(13)21(31)22(32)20-23(33)28(7-8-29(17)20)11-14-3-4-16(25)15(24)9-14/h3-4,9,26,32H,1,5-8,10-12H2,2H3. The summed E-state index contributed by atoms with van der Waals surface area (Å²) in [5.74, 6) is -1.84. The van der Waals surface area contributed by atoms with Crippen LogP contribution in [0.3, 0.4) is 0 Å². The zero-order valence-electron chi connectivity index (χ0n) is 18.2. The number of aromatic hydroxyl groups is 1. The summed E-state index contributed by atoms with van der Waals surface area (Å²) in [6.45, 7) is 5.41. The summed E-state index contributed by atoms with van der Waals surface area (Å²) in [5, 5.41) is 13.5. The molecule has 174 valence electrons. The predicted molar refractivity (Wildman–Crippen MR) is 122 cm³/mol. The minimum absolute atomic E-state index is 0.0495. The zero-order valence-corrected chi connectivity index (χ0v) is 18.9. The topological polar surface area (TPSA) is 94.9 Å². The molecule has 0 fully saturated rings. The van der Waals surface area contributed by atoms with Crippen molar-refractivity contribution in [3.63, 3.8) is 0 Å². The van der Waals surface area contributed by atoms with E-state index in [2.05, 4.69) is 11.9 Å². The van der Waals surface area contributed by atoms with Gasteiger partial charge >= 0.3 is 0 Å². The normalized spacial score (nSPS) is 15.8. The SMILES string of the molecule is C=C1CCN(C(=O)CNC)Cc2c1c(=O)c(O)c1n2CCN(Cc2ccc(F)c(Cl)c2)C1=O. The van der Waals surface area contributed by atoms with Gasteiger partial charge in [0.1, 0.15) is 5.82 Å². The van der Waals surface area contributed by atoms with Gasteiger partial charge in [-0.05, 0) is 36.7 Å². The molecule has 3 heterocycles. The first-order valence-corrected chi connectivity index (χ1v) is 10.9. The van der Waals surface area contributed by atoms with E-state index >= 15 is 0 Å². The first-order valence-electron chi connectivity index (χ1n) is 10.5. The van der Waals surface area contributed by atoms with Crippen LogP contribution < -0.4 is 10.7 Å². The molecular weight excluding hydrogens is 451 g/mol. The number of pyridine rings is 1. The Kier molecular flexibility index (Phi) is 6.27. The molecule has 2 aromatic rings. The fourth-order valence-corrected chi connectivity index (χ4v) is 4.56. The predicted octanol–water partition coefficient (Wildman–Crippen LogP) is 1.97. The lowest BCUT2D eigenvalue weighted by Crippen LogP contribution is -2.44. The molecule has 33 heavy (non-hydrogen) atoms. The number of carbonyl (C=O) groups excluding carboxylic acids is 2. The summed E-state index contributed by atoms with van der Waals surface area (Å²) < 4.78 is 15.1. The van der Waals surface area contributed by atoms with Gasteiger partial charge in [0.15, 0.2) is 11.4 Å². The van der Waals surface area contributed by atoms with E-state index in [0.717, 1.165) is 0 Å². The largest absolute Gasteiger partial charge is 0.503 e. The number of fused-ring (bicyclic) bond motifs is 3. The summed E-state index contributed by atoms with van der Waals surface area (Å²) in [5.41, 5.74) is 1.13. The van der Waals surface area contributed by atoms with Gasteiger partial charge < -0.3 is 24.8 Å². The lowest BCUT2D eigenvalue weighted by atomic mass is 10.00. The van der Waals surface area contributed by atoms with Crippen LogP contribution in [-0.4, -0.2) is 58.0 Å². The highest BCUT2D eigenvalue weighted by Gasteiger charge is 2.35. The summed E-state index contributed by atoms with van der Waals surface area (Å²) in [7, 11) is 1.68. The summed E-state index contributed by atoms with van der Waals surface area (Å²) in [6, 6.07) is 4.20. The molecule has 0 bridgehead atoms. The number of amides is 2. The third-order valence-electron chi connectivity index (χ3n) is 6.05. The highest BCUT2D eigenvalue weighted by molar-refractivity contribution is 6.30. The van der Waals surface area contributed by atoms with Crippen molar-refractivity contribution in [2.24, 2.45) is 0 Å². The Hall–Kier alpha value is -3.17. The van der Waals surface area contributed by atoms with E-state index in [1.165, 1.54) is 23.1 Å². The molecule has 1 aromatic carbocycles. The number of likely N-dealkylation sites (N-methyl/N-ethyl adjacent to an activating group) is 1. The highest BCUT2D eigenvalue weighted by Crippen LogP contribution is 2.31. The maximum atomic E-state index is 13.5. The van der Waals surface area contributed by atoms with Crippen molar-refractivity contribution in [1.82, 2.24) is 19.7 Å². The third kappa shape index (κ3) is 4.14. The molecule has 8 nitrogen and oxygen atoms in total. The minimum Gasteiger partial charge on any atom is -0.503 e. The average Bonchev–Trinajstić information content (AvgIpc) is 2.95. The van der Waals surface area contributed by atoms with Crippen molar-refractivity contribution >= 4 is 29.0 Å². The van der Waals surface area contributed by atoms with Crippen LogP contribution in [0.1, 0.15) is 33.7 Å². The lowest BCUT2D eigenvalue weighted by Gasteiger charge is -2.33. The van der Waals surface area contributed by atoms with Crippen LogP contribution in [0.2, 0.25) is 5.02 Å². The zero-order chi connectivity index (χ0) is 23.9. The van der Waals surface area contributed by atoms with Crippen molar-refractivity contribution in [2.45, 2.75) is 26.1 Å². The quantitative estimate of drug-likeness (QED) is 0.706. The van der Waals surface area contributed by atoms with Crippen molar-refractivity contribution < 1.29 is 19.1 Å². The van der Waals surface area contributed by atoms with Crippen LogP contribution in [0.5, 0.6) is 5.75 Å². The third-order valence-corrected chi connectivity index (χ3v) is 6.34. The molecule has 2 aliphatic rings. The van der Waals surface area contributed by atoms with Gasteiger partial charge in [-0.25, -0.2) is 4.39 Å². The molecule has 0 spiro atoms. The monoisotopic (exact) mass is 474 g/mol. The second kappa shape index (κ2) is 8.99. The molecule has 0 unspecified atom stereocenters. The molecule has 2 aliphatic heterocycles. The van der Waals surface area contributed by atoms with E-state index in [1.54, 1.807) is 16.5 Å². The molecule has 0 saturated carbocycles. The smallest absolute Gasteiger partial charge is 0.274 e. The molecule has 4 rings (SSSR count).